The van der Waals surface area contributed by atoms with Crippen LogP contribution < -0.4 is 9.47 Å². The van der Waals surface area contributed by atoms with E-state index in [-0.39, 0.29) is 6.79 Å². The van der Waals surface area contributed by atoms with Gasteiger partial charge >= 0.3 is 0 Å². The van der Waals surface area contributed by atoms with E-state index in [1.165, 1.54) is 0 Å². The van der Waals surface area contributed by atoms with Crippen LogP contribution in [0.15, 0.2) is 18.2 Å². The van der Waals surface area contributed by atoms with Crippen LogP contribution in [0.1, 0.15) is 11.7 Å². The van der Waals surface area contributed by atoms with E-state index in [1.807, 2.05) is 12.1 Å². The van der Waals surface area contributed by atoms with Crippen LogP contribution in [0.4, 0.5) is 0 Å². The molecule has 70 valence electrons. The fourth-order valence-corrected chi connectivity index (χ4v) is 1.58. The van der Waals surface area contributed by atoms with Crippen LogP contribution in [0, 0.1) is 0 Å². The van der Waals surface area contributed by atoms with Gasteiger partial charge < -0.3 is 14.6 Å². The van der Waals surface area contributed by atoms with E-state index in [4.69, 9.17) is 9.47 Å². The third kappa shape index (κ3) is 1.64. The van der Waals surface area contributed by atoms with Crippen molar-refractivity contribution < 1.29 is 14.6 Å². The summed E-state index contributed by atoms with van der Waals surface area (Å²) in [5.74, 6) is 1.45. The van der Waals surface area contributed by atoms with Gasteiger partial charge in [0, 0.05) is 5.33 Å². The zero-order chi connectivity index (χ0) is 9.26. The number of fused-ring (bicyclic) bond motifs is 1. The van der Waals surface area contributed by atoms with Gasteiger partial charge in [0.1, 0.15) is 0 Å². The van der Waals surface area contributed by atoms with E-state index in [0.717, 1.165) is 11.3 Å². The summed E-state index contributed by atoms with van der Waals surface area (Å²) in [6.07, 6.45) is -0.491. The fraction of sp³-hybridized carbons (Fsp3) is 0.333. The minimum absolute atomic E-state index is 0.267. The van der Waals surface area contributed by atoms with E-state index in [0.29, 0.717) is 11.1 Å². The van der Waals surface area contributed by atoms with E-state index < -0.39 is 6.10 Å². The van der Waals surface area contributed by atoms with Crippen LogP contribution in [0.3, 0.4) is 0 Å². The van der Waals surface area contributed by atoms with Gasteiger partial charge in [0.25, 0.3) is 0 Å². The van der Waals surface area contributed by atoms with E-state index in [2.05, 4.69) is 15.9 Å². The number of aliphatic hydroxyl groups is 1. The van der Waals surface area contributed by atoms with Crippen LogP contribution in [-0.4, -0.2) is 17.2 Å². The second-order valence-corrected chi connectivity index (χ2v) is 3.43. The van der Waals surface area contributed by atoms with E-state index in [1.54, 1.807) is 6.07 Å². The van der Waals surface area contributed by atoms with Crippen LogP contribution in [0.2, 0.25) is 0 Å². The van der Waals surface area contributed by atoms with Crippen LogP contribution >= 0.6 is 15.9 Å². The Morgan fingerprint density at radius 3 is 2.92 bits per heavy atom. The zero-order valence-corrected chi connectivity index (χ0v) is 8.45. The Balaban J connectivity index is 2.30. The highest BCUT2D eigenvalue weighted by Gasteiger charge is 2.15. The Morgan fingerprint density at radius 1 is 1.38 bits per heavy atom. The second-order valence-electron chi connectivity index (χ2n) is 2.78. The second kappa shape index (κ2) is 3.55. The molecule has 0 spiro atoms. The largest absolute Gasteiger partial charge is 0.454 e. The average molecular weight is 245 g/mol. The normalized spacial score (nSPS) is 15.8. The number of halogens is 1. The van der Waals surface area contributed by atoms with Crippen molar-refractivity contribution in [1.29, 1.82) is 0 Å². The summed E-state index contributed by atoms with van der Waals surface area (Å²) >= 11 is 3.21. The molecule has 1 aliphatic heterocycles. The zero-order valence-electron chi connectivity index (χ0n) is 6.87. The fourth-order valence-electron chi connectivity index (χ4n) is 1.21. The first-order valence-corrected chi connectivity index (χ1v) is 5.07. The van der Waals surface area contributed by atoms with E-state index >= 15 is 0 Å². The third-order valence-corrected chi connectivity index (χ3v) is 2.54. The highest BCUT2D eigenvalue weighted by molar-refractivity contribution is 9.09. The van der Waals surface area contributed by atoms with Gasteiger partial charge in [-0.1, -0.05) is 22.0 Å². The Labute approximate surface area is 84.4 Å². The molecule has 0 saturated carbocycles. The highest BCUT2D eigenvalue weighted by atomic mass is 79.9. The summed E-state index contributed by atoms with van der Waals surface area (Å²) in [4.78, 5) is 0. The molecule has 1 aliphatic rings. The summed E-state index contributed by atoms with van der Waals surface area (Å²) in [5.41, 5.74) is 0.834. The first kappa shape index (κ1) is 8.84. The average Bonchev–Trinajstić information content (AvgIpc) is 2.63. The van der Waals surface area contributed by atoms with Crippen LogP contribution in [0.5, 0.6) is 11.5 Å². The first-order chi connectivity index (χ1) is 6.31. The van der Waals surface area contributed by atoms with Gasteiger partial charge in [-0.15, -0.1) is 0 Å². The van der Waals surface area contributed by atoms with Gasteiger partial charge in [-0.05, 0) is 17.7 Å². The molecule has 4 heteroatoms. The van der Waals surface area contributed by atoms with Crippen molar-refractivity contribution in [1.82, 2.24) is 0 Å². The highest BCUT2D eigenvalue weighted by Crippen LogP contribution is 2.34. The summed E-state index contributed by atoms with van der Waals surface area (Å²) < 4.78 is 10.3. The van der Waals surface area contributed by atoms with Crippen LogP contribution in [0.25, 0.3) is 0 Å². The standard InChI is InChI=1S/C9H9BrO3/c10-4-7(11)6-1-2-8-9(3-6)13-5-12-8/h1-3,7,11H,4-5H2/t7-/m1/s1. The lowest BCUT2D eigenvalue weighted by Crippen LogP contribution is -1.97. The molecule has 0 saturated heterocycles. The minimum Gasteiger partial charge on any atom is -0.454 e. The maximum Gasteiger partial charge on any atom is 0.231 e. The maximum absolute atomic E-state index is 9.52. The molecule has 0 unspecified atom stereocenters. The lowest BCUT2D eigenvalue weighted by Gasteiger charge is -2.07. The molecule has 0 bridgehead atoms. The number of aliphatic hydroxyl groups excluding tert-OH is 1. The van der Waals surface area contributed by atoms with Gasteiger partial charge in [0.15, 0.2) is 11.5 Å². The molecule has 0 radical (unpaired) electrons. The Morgan fingerprint density at radius 2 is 2.15 bits per heavy atom. The van der Waals surface area contributed by atoms with Crippen molar-refractivity contribution in [2.75, 3.05) is 12.1 Å². The van der Waals surface area contributed by atoms with Crippen molar-refractivity contribution in [3.63, 3.8) is 0 Å². The predicted molar refractivity (Wildman–Crippen MR) is 51.3 cm³/mol. The Kier molecular flexibility index (Phi) is 2.42. The molecule has 2 rings (SSSR count). The maximum atomic E-state index is 9.52. The monoisotopic (exact) mass is 244 g/mol. The van der Waals surface area contributed by atoms with E-state index in [9.17, 15) is 5.11 Å². The van der Waals surface area contributed by atoms with Crippen molar-refractivity contribution in [3.8, 4) is 11.5 Å². The van der Waals surface area contributed by atoms with Crippen molar-refractivity contribution >= 4 is 15.9 Å². The van der Waals surface area contributed by atoms with Gasteiger partial charge in [0.05, 0.1) is 6.10 Å². The van der Waals surface area contributed by atoms with Crippen LogP contribution in [-0.2, 0) is 0 Å². The number of rotatable bonds is 2. The third-order valence-electron chi connectivity index (χ3n) is 1.93. The summed E-state index contributed by atoms with van der Waals surface area (Å²) in [7, 11) is 0. The Hall–Kier alpha value is -0.740. The van der Waals surface area contributed by atoms with Gasteiger partial charge in [0.2, 0.25) is 6.79 Å². The number of hydrogen-bond donors (Lipinski definition) is 1. The first-order valence-electron chi connectivity index (χ1n) is 3.95. The van der Waals surface area contributed by atoms with Crippen molar-refractivity contribution in [2.24, 2.45) is 0 Å². The van der Waals surface area contributed by atoms with Gasteiger partial charge in [-0.2, -0.15) is 0 Å². The molecule has 0 aliphatic carbocycles. The number of alkyl halides is 1. The molecule has 1 heterocycles. The van der Waals surface area contributed by atoms with Gasteiger partial charge in [-0.25, -0.2) is 0 Å². The number of benzene rings is 1. The molecule has 1 aromatic carbocycles. The molecular formula is C9H9BrO3. The van der Waals surface area contributed by atoms with Crippen molar-refractivity contribution in [3.05, 3.63) is 23.8 Å². The molecular weight excluding hydrogens is 236 g/mol. The van der Waals surface area contributed by atoms with Gasteiger partial charge in [-0.3, -0.25) is 0 Å². The molecule has 13 heavy (non-hydrogen) atoms. The molecule has 3 nitrogen and oxygen atoms in total. The Bertz CT molecular complexity index is 314. The topological polar surface area (TPSA) is 38.7 Å². The number of hydrogen-bond acceptors (Lipinski definition) is 3. The smallest absolute Gasteiger partial charge is 0.231 e. The molecule has 1 aromatic rings. The quantitative estimate of drug-likeness (QED) is 0.808. The molecule has 0 aromatic heterocycles. The lowest BCUT2D eigenvalue weighted by atomic mass is 10.1. The summed E-state index contributed by atoms with van der Waals surface area (Å²) in [6.45, 7) is 0.267. The lowest BCUT2D eigenvalue weighted by molar-refractivity contribution is 0.173. The molecule has 0 fully saturated rings. The summed E-state index contributed by atoms with van der Waals surface area (Å²) in [6, 6.07) is 5.44. The number of ether oxygens (including phenoxy) is 2. The predicted octanol–water partition coefficient (Wildman–Crippen LogP) is 1.84. The molecule has 1 atom stereocenters. The molecule has 0 amide bonds. The SMILES string of the molecule is O[C@H](CBr)c1ccc2c(c1)OCO2. The molecule has 1 N–H and O–H groups in total. The minimum atomic E-state index is -0.491. The summed E-state index contributed by atoms with van der Waals surface area (Å²) in [5, 5.41) is 10.0. The van der Waals surface area contributed by atoms with Crippen molar-refractivity contribution in [2.45, 2.75) is 6.10 Å².